The van der Waals surface area contributed by atoms with Crippen molar-refractivity contribution in [1.29, 1.82) is 0 Å². The van der Waals surface area contributed by atoms with Gasteiger partial charge >= 0.3 is 0 Å². The zero-order valence-electron chi connectivity index (χ0n) is 14.4. The third-order valence-corrected chi connectivity index (χ3v) is 4.53. The molecular formula is C16H16ClN7O3. The molecule has 1 amide bonds. The van der Waals surface area contributed by atoms with Crippen LogP contribution in [0.4, 0.5) is 5.69 Å². The third kappa shape index (κ3) is 3.18. The maximum atomic E-state index is 13.5. The fourth-order valence-corrected chi connectivity index (χ4v) is 3.17. The molecule has 1 aliphatic rings. The molecule has 0 unspecified atom stereocenters. The third-order valence-electron chi connectivity index (χ3n) is 4.32. The standard InChI is InChI=1S/C16H16ClN7O3/c1-21-14(12(9-19-21)15(17)25)16(26)24(22-4-6-27-7-5-22)11-2-3-23-13(8-11)18-10-20-23/h2-3,8-10H,4-7H2,1H3. The van der Waals surface area contributed by atoms with E-state index < -0.39 is 11.1 Å². The number of halogens is 1. The van der Waals surface area contributed by atoms with Gasteiger partial charge in [-0.25, -0.2) is 19.5 Å². The van der Waals surface area contributed by atoms with E-state index in [1.54, 1.807) is 29.9 Å². The summed E-state index contributed by atoms with van der Waals surface area (Å²) in [6, 6.07) is 3.51. The van der Waals surface area contributed by atoms with Crippen molar-refractivity contribution in [1.82, 2.24) is 29.4 Å². The highest BCUT2D eigenvalue weighted by atomic mass is 35.5. The summed E-state index contributed by atoms with van der Waals surface area (Å²) in [6.45, 7) is 2.02. The van der Waals surface area contributed by atoms with Gasteiger partial charge in [-0.2, -0.15) is 10.2 Å². The number of anilines is 1. The van der Waals surface area contributed by atoms with Gasteiger partial charge < -0.3 is 4.74 Å². The van der Waals surface area contributed by atoms with Crippen molar-refractivity contribution in [3.8, 4) is 0 Å². The summed E-state index contributed by atoms with van der Waals surface area (Å²) in [6.07, 6.45) is 4.45. The lowest BCUT2D eigenvalue weighted by atomic mass is 10.2. The number of morpholine rings is 1. The Bertz CT molecular complexity index is 1010. The summed E-state index contributed by atoms with van der Waals surface area (Å²) in [7, 11) is 1.59. The molecular weight excluding hydrogens is 374 g/mol. The SMILES string of the molecule is Cn1ncc(C(=O)Cl)c1C(=O)N(c1ccn2ncnc2c1)N1CCOCC1. The van der Waals surface area contributed by atoms with Gasteiger partial charge in [0.15, 0.2) is 5.65 Å². The molecule has 1 saturated heterocycles. The predicted molar refractivity (Wildman–Crippen MR) is 95.6 cm³/mol. The topological polar surface area (TPSA) is 97.9 Å². The van der Waals surface area contributed by atoms with E-state index in [9.17, 15) is 9.59 Å². The summed E-state index contributed by atoms with van der Waals surface area (Å²) in [5.74, 6) is -0.412. The molecule has 27 heavy (non-hydrogen) atoms. The first kappa shape index (κ1) is 17.6. The quantitative estimate of drug-likeness (QED) is 0.607. The molecule has 0 spiro atoms. The Balaban J connectivity index is 1.81. The summed E-state index contributed by atoms with van der Waals surface area (Å²) in [4.78, 5) is 29.4. The predicted octanol–water partition coefficient (Wildman–Crippen LogP) is 0.736. The Morgan fingerprint density at radius 1 is 1.26 bits per heavy atom. The maximum absolute atomic E-state index is 13.5. The van der Waals surface area contributed by atoms with Gasteiger partial charge in [-0.05, 0) is 17.7 Å². The number of amides is 1. The van der Waals surface area contributed by atoms with Crippen molar-refractivity contribution in [2.45, 2.75) is 0 Å². The number of rotatable bonds is 4. The van der Waals surface area contributed by atoms with Crippen LogP contribution in [0.1, 0.15) is 20.8 Å². The summed E-state index contributed by atoms with van der Waals surface area (Å²) in [5.41, 5.74) is 1.36. The van der Waals surface area contributed by atoms with Crippen LogP contribution in [0.2, 0.25) is 0 Å². The molecule has 3 aromatic heterocycles. The largest absolute Gasteiger partial charge is 0.379 e. The number of ether oxygens (including phenoxy) is 1. The fraction of sp³-hybridized carbons (Fsp3) is 0.312. The van der Waals surface area contributed by atoms with E-state index in [4.69, 9.17) is 16.3 Å². The zero-order valence-corrected chi connectivity index (χ0v) is 15.2. The van der Waals surface area contributed by atoms with Gasteiger partial charge in [0.2, 0.25) is 0 Å². The number of carbonyl (C=O) groups excluding carboxylic acids is 2. The van der Waals surface area contributed by atoms with Gasteiger partial charge in [-0.1, -0.05) is 0 Å². The molecule has 0 aliphatic carbocycles. The molecule has 4 heterocycles. The Hall–Kier alpha value is -2.82. The van der Waals surface area contributed by atoms with Gasteiger partial charge in [-0.15, -0.1) is 0 Å². The number of pyridine rings is 1. The van der Waals surface area contributed by atoms with Gasteiger partial charge in [0.05, 0.1) is 30.7 Å². The van der Waals surface area contributed by atoms with Crippen LogP contribution in [-0.4, -0.2) is 66.8 Å². The minimum atomic E-state index is -0.735. The minimum absolute atomic E-state index is 0.0611. The van der Waals surface area contributed by atoms with Crippen LogP contribution in [0.25, 0.3) is 5.65 Å². The molecule has 10 nitrogen and oxygen atoms in total. The highest BCUT2D eigenvalue weighted by Crippen LogP contribution is 2.23. The zero-order chi connectivity index (χ0) is 19.0. The Morgan fingerprint density at radius 3 is 2.78 bits per heavy atom. The molecule has 1 fully saturated rings. The van der Waals surface area contributed by atoms with E-state index in [0.29, 0.717) is 37.6 Å². The first-order valence-corrected chi connectivity index (χ1v) is 8.62. The molecule has 0 atom stereocenters. The summed E-state index contributed by atoms with van der Waals surface area (Å²) in [5, 5.41) is 10.7. The highest BCUT2D eigenvalue weighted by molar-refractivity contribution is 6.68. The van der Waals surface area contributed by atoms with Crippen LogP contribution in [0, 0.1) is 0 Å². The van der Waals surface area contributed by atoms with Gasteiger partial charge in [-0.3, -0.25) is 14.3 Å². The van der Waals surface area contributed by atoms with Crippen molar-refractivity contribution in [3.63, 3.8) is 0 Å². The van der Waals surface area contributed by atoms with Gasteiger partial charge in [0, 0.05) is 32.4 Å². The van der Waals surface area contributed by atoms with E-state index in [2.05, 4.69) is 15.2 Å². The Labute approximate surface area is 158 Å². The first-order chi connectivity index (χ1) is 13.1. The van der Waals surface area contributed by atoms with Crippen molar-refractivity contribution in [3.05, 3.63) is 42.1 Å². The van der Waals surface area contributed by atoms with Crippen LogP contribution in [0.15, 0.2) is 30.9 Å². The lowest BCUT2D eigenvalue weighted by Crippen LogP contribution is -2.52. The molecule has 4 rings (SSSR count). The first-order valence-electron chi connectivity index (χ1n) is 8.24. The van der Waals surface area contributed by atoms with Crippen molar-refractivity contribution < 1.29 is 14.3 Å². The van der Waals surface area contributed by atoms with Crippen LogP contribution in [0.3, 0.4) is 0 Å². The normalized spacial score (nSPS) is 15.2. The molecule has 140 valence electrons. The summed E-state index contributed by atoms with van der Waals surface area (Å²) < 4.78 is 8.35. The molecule has 11 heteroatoms. The smallest absolute Gasteiger partial charge is 0.291 e. The summed E-state index contributed by atoms with van der Waals surface area (Å²) >= 11 is 5.65. The van der Waals surface area contributed by atoms with E-state index in [0.717, 1.165) is 0 Å². The Morgan fingerprint density at radius 2 is 2.04 bits per heavy atom. The van der Waals surface area contributed by atoms with E-state index >= 15 is 0 Å². The van der Waals surface area contributed by atoms with Crippen LogP contribution < -0.4 is 5.01 Å². The second-order valence-electron chi connectivity index (χ2n) is 5.93. The lowest BCUT2D eigenvalue weighted by Gasteiger charge is -2.37. The molecule has 0 N–H and O–H groups in total. The van der Waals surface area contributed by atoms with Crippen LogP contribution in [0.5, 0.6) is 0 Å². The maximum Gasteiger partial charge on any atom is 0.291 e. The fourth-order valence-electron chi connectivity index (χ4n) is 3.03. The van der Waals surface area contributed by atoms with Crippen molar-refractivity contribution in [2.24, 2.45) is 7.05 Å². The molecule has 0 bridgehead atoms. The number of nitrogens with zero attached hydrogens (tertiary/aromatic N) is 7. The van der Waals surface area contributed by atoms with E-state index in [-0.39, 0.29) is 11.3 Å². The number of aromatic nitrogens is 5. The average Bonchev–Trinajstić information content (AvgIpc) is 3.28. The highest BCUT2D eigenvalue weighted by Gasteiger charge is 2.31. The van der Waals surface area contributed by atoms with Crippen LogP contribution >= 0.6 is 11.6 Å². The lowest BCUT2D eigenvalue weighted by molar-refractivity contribution is 0.0297. The molecule has 0 radical (unpaired) electrons. The number of hydrogen-bond acceptors (Lipinski definition) is 7. The van der Waals surface area contributed by atoms with Gasteiger partial charge in [0.1, 0.15) is 12.0 Å². The minimum Gasteiger partial charge on any atom is -0.379 e. The van der Waals surface area contributed by atoms with Crippen molar-refractivity contribution >= 4 is 34.1 Å². The van der Waals surface area contributed by atoms with Crippen molar-refractivity contribution in [2.75, 3.05) is 31.3 Å². The number of fused-ring (bicyclic) bond motifs is 1. The molecule has 1 aliphatic heterocycles. The second-order valence-corrected chi connectivity index (χ2v) is 6.28. The average molecular weight is 390 g/mol. The number of hydrogen-bond donors (Lipinski definition) is 0. The number of carbonyl (C=O) groups is 2. The monoisotopic (exact) mass is 389 g/mol. The number of hydrazine groups is 1. The Kier molecular flexibility index (Phi) is 4.60. The molecule has 0 aromatic carbocycles. The van der Waals surface area contributed by atoms with E-state index in [1.165, 1.54) is 22.2 Å². The second kappa shape index (κ2) is 7.06. The molecule has 0 saturated carbocycles. The van der Waals surface area contributed by atoms with Crippen LogP contribution in [-0.2, 0) is 11.8 Å². The van der Waals surface area contributed by atoms with Gasteiger partial charge in [0.25, 0.3) is 11.1 Å². The van der Waals surface area contributed by atoms with E-state index in [1.807, 2.05) is 5.01 Å². The molecule has 3 aromatic rings. The number of aryl methyl sites for hydroxylation is 1.